The van der Waals surface area contributed by atoms with Crippen LogP contribution in [0.3, 0.4) is 0 Å². The lowest BCUT2D eigenvalue weighted by Crippen LogP contribution is -2.50. The number of likely N-dealkylation sites (tertiary alicyclic amines) is 1. The largest absolute Gasteiger partial charge is 0.339 e. The molecule has 10 heteroatoms. The molecule has 1 saturated heterocycles. The summed E-state index contributed by atoms with van der Waals surface area (Å²) in [7, 11) is 0. The molecule has 188 valence electrons. The second-order valence-electron chi connectivity index (χ2n) is 10.3. The van der Waals surface area contributed by atoms with Crippen molar-refractivity contribution in [3.05, 3.63) is 58.5 Å². The first kappa shape index (κ1) is 23.6. The van der Waals surface area contributed by atoms with Gasteiger partial charge >= 0.3 is 0 Å². The minimum absolute atomic E-state index is 0.0911. The van der Waals surface area contributed by atoms with Gasteiger partial charge in [-0.25, -0.2) is 4.39 Å². The van der Waals surface area contributed by atoms with Crippen LogP contribution in [0.4, 0.5) is 10.1 Å². The Kier molecular flexibility index (Phi) is 5.35. The van der Waals surface area contributed by atoms with Gasteiger partial charge in [0.25, 0.3) is 5.91 Å². The molecule has 2 aliphatic heterocycles. The van der Waals surface area contributed by atoms with E-state index in [1.165, 1.54) is 17.0 Å². The number of carbonyl (C=O) groups is 3. The molecule has 0 bridgehead atoms. The van der Waals surface area contributed by atoms with Gasteiger partial charge in [0, 0.05) is 36.0 Å². The number of ketones is 1. The second kappa shape index (κ2) is 8.38. The maximum Gasteiger partial charge on any atom is 0.253 e. The van der Waals surface area contributed by atoms with Crippen LogP contribution in [0.5, 0.6) is 0 Å². The number of carbonyl (C=O) groups excluding carboxylic acids is 3. The third kappa shape index (κ3) is 3.70. The fourth-order valence-corrected chi connectivity index (χ4v) is 6.10. The Morgan fingerprint density at radius 3 is 2.62 bits per heavy atom. The molecule has 0 radical (unpaired) electrons. The zero-order valence-electron chi connectivity index (χ0n) is 19.9. The molecule has 1 aliphatic carbocycles. The summed E-state index contributed by atoms with van der Waals surface area (Å²) in [6, 6.07) is 10.2. The van der Waals surface area contributed by atoms with Gasteiger partial charge in [-0.05, 0) is 56.0 Å². The van der Waals surface area contributed by atoms with E-state index in [4.69, 9.17) is 11.6 Å². The molecule has 2 fully saturated rings. The molecule has 1 N–H and O–H groups in total. The van der Waals surface area contributed by atoms with E-state index in [0.29, 0.717) is 29.7 Å². The zero-order chi connectivity index (χ0) is 25.9. The highest BCUT2D eigenvalue weighted by molar-refractivity contribution is 6.33. The van der Waals surface area contributed by atoms with Crippen LogP contribution < -0.4 is 4.90 Å². The molecule has 1 spiro atoms. The number of benzene rings is 2. The summed E-state index contributed by atoms with van der Waals surface area (Å²) in [6.07, 6.45) is 3.62. The number of halogens is 2. The maximum absolute atomic E-state index is 14.6. The minimum atomic E-state index is -1.12. The van der Waals surface area contributed by atoms with Gasteiger partial charge in [0.05, 0.1) is 45.9 Å². The van der Waals surface area contributed by atoms with Crippen molar-refractivity contribution in [3.8, 4) is 6.07 Å². The van der Waals surface area contributed by atoms with Gasteiger partial charge in [-0.1, -0.05) is 11.6 Å². The summed E-state index contributed by atoms with van der Waals surface area (Å²) in [6.45, 7) is 0.367. The van der Waals surface area contributed by atoms with Crippen LogP contribution in [-0.4, -0.2) is 52.3 Å². The van der Waals surface area contributed by atoms with Crippen molar-refractivity contribution in [2.45, 2.75) is 37.5 Å². The van der Waals surface area contributed by atoms with Crippen molar-refractivity contribution >= 4 is 45.8 Å². The average molecular weight is 520 g/mol. The minimum Gasteiger partial charge on any atom is -0.339 e. The van der Waals surface area contributed by atoms with Gasteiger partial charge in [-0.3, -0.25) is 19.5 Å². The number of hydrogen-bond donors (Lipinski definition) is 1. The lowest BCUT2D eigenvalue weighted by atomic mass is 9.73. The van der Waals surface area contributed by atoms with Gasteiger partial charge in [-0.15, -0.1) is 0 Å². The average Bonchev–Trinajstić information content (AvgIpc) is 3.44. The smallest absolute Gasteiger partial charge is 0.253 e. The van der Waals surface area contributed by atoms with Crippen molar-refractivity contribution in [1.82, 2.24) is 15.1 Å². The van der Waals surface area contributed by atoms with E-state index in [1.54, 1.807) is 29.3 Å². The number of nitrogens with one attached hydrogen (secondary N) is 1. The first-order valence-corrected chi connectivity index (χ1v) is 12.6. The van der Waals surface area contributed by atoms with Gasteiger partial charge < -0.3 is 9.80 Å². The summed E-state index contributed by atoms with van der Waals surface area (Å²) in [5, 5.41) is 16.9. The Morgan fingerprint density at radius 2 is 1.92 bits per heavy atom. The highest BCUT2D eigenvalue weighted by Crippen LogP contribution is 2.52. The summed E-state index contributed by atoms with van der Waals surface area (Å²) in [5.41, 5.74) is 0.428. The molecule has 3 heterocycles. The normalized spacial score (nSPS) is 19.2. The first-order valence-electron chi connectivity index (χ1n) is 12.2. The fourth-order valence-electron chi connectivity index (χ4n) is 5.75. The summed E-state index contributed by atoms with van der Waals surface area (Å²) in [4.78, 5) is 43.0. The Morgan fingerprint density at radius 1 is 1.16 bits per heavy atom. The molecule has 8 nitrogen and oxygen atoms in total. The number of nitriles is 1. The number of Topliss-reactive ketones (excluding diaryl/α,β-unsaturated/α-hetero) is 1. The van der Waals surface area contributed by atoms with Crippen molar-refractivity contribution in [3.63, 3.8) is 0 Å². The highest BCUT2D eigenvalue weighted by atomic mass is 35.5. The molecule has 2 amide bonds. The summed E-state index contributed by atoms with van der Waals surface area (Å²) >= 11 is 6.44. The molecule has 3 aromatic rings. The van der Waals surface area contributed by atoms with Gasteiger partial charge in [-0.2, -0.15) is 10.4 Å². The number of aromatic nitrogens is 2. The van der Waals surface area contributed by atoms with Gasteiger partial charge in [0.2, 0.25) is 5.91 Å². The number of anilines is 1. The van der Waals surface area contributed by atoms with Crippen molar-refractivity contribution in [1.29, 1.82) is 5.26 Å². The molecule has 37 heavy (non-hydrogen) atoms. The molecule has 0 atom stereocenters. The Balaban J connectivity index is 1.26. The van der Waals surface area contributed by atoms with Crippen molar-refractivity contribution in [2.24, 2.45) is 5.41 Å². The number of nitrogens with zero attached hydrogens (tertiary/aromatic N) is 4. The van der Waals surface area contributed by atoms with Crippen LogP contribution in [0.25, 0.3) is 10.9 Å². The van der Waals surface area contributed by atoms with E-state index >= 15 is 0 Å². The number of H-pyrrole nitrogens is 1. The number of rotatable bonds is 5. The lowest BCUT2D eigenvalue weighted by molar-refractivity contribution is -0.127. The Hall–Kier alpha value is -3.77. The number of hydrogen-bond acceptors (Lipinski definition) is 5. The highest BCUT2D eigenvalue weighted by Gasteiger charge is 2.55. The van der Waals surface area contributed by atoms with Crippen LogP contribution in [0.1, 0.15) is 48.0 Å². The van der Waals surface area contributed by atoms with E-state index in [1.807, 2.05) is 0 Å². The van der Waals surface area contributed by atoms with E-state index < -0.39 is 16.6 Å². The lowest BCUT2D eigenvalue weighted by Gasteiger charge is -2.38. The molecule has 1 aromatic heterocycles. The van der Waals surface area contributed by atoms with E-state index in [2.05, 4.69) is 16.3 Å². The number of aromatic amines is 1. The van der Waals surface area contributed by atoms with E-state index in [-0.39, 0.29) is 61.5 Å². The second-order valence-corrected chi connectivity index (χ2v) is 10.7. The van der Waals surface area contributed by atoms with Crippen LogP contribution >= 0.6 is 11.6 Å². The van der Waals surface area contributed by atoms with Crippen molar-refractivity contribution < 1.29 is 18.8 Å². The summed E-state index contributed by atoms with van der Waals surface area (Å²) < 4.78 is 14.6. The van der Waals surface area contributed by atoms with Gasteiger partial charge in [0.15, 0.2) is 5.78 Å². The molecular formula is C27H23ClFN5O3. The molecule has 0 unspecified atom stereocenters. The molecule has 2 aromatic carbocycles. The molecule has 3 aliphatic rings. The predicted octanol–water partition coefficient (Wildman–Crippen LogP) is 4.14. The third-order valence-corrected chi connectivity index (χ3v) is 8.42. The van der Waals surface area contributed by atoms with E-state index in [0.717, 1.165) is 10.9 Å². The standard InChI is InChI=1S/C27H23ClFN5O3/c28-23-19(29)2-4-21-22(23)27(25(37)34(21)14-18(35)12-26(15-30)5-6-26)7-9-33(10-8-27)24(36)16-1-3-20-17(11-16)13-31-32-20/h1-4,11,13H,5-10,12,14H2,(H,31,32). The monoisotopic (exact) mass is 519 g/mol. The van der Waals surface area contributed by atoms with Crippen LogP contribution in [0.15, 0.2) is 36.5 Å². The quantitative estimate of drug-likeness (QED) is 0.544. The van der Waals surface area contributed by atoms with Crippen LogP contribution in [0.2, 0.25) is 5.02 Å². The van der Waals surface area contributed by atoms with Crippen LogP contribution in [0, 0.1) is 22.6 Å². The van der Waals surface area contributed by atoms with Crippen molar-refractivity contribution in [2.75, 3.05) is 24.5 Å². The SMILES string of the molecule is N#CC1(CC(=O)CN2C(=O)C3(CCN(C(=O)c4ccc5[nH]ncc5c4)CC3)c3c2ccc(F)c3Cl)CC1. The third-order valence-electron chi connectivity index (χ3n) is 8.05. The molecular weight excluding hydrogens is 497 g/mol. The fraction of sp³-hybridized carbons (Fsp3) is 0.370. The predicted molar refractivity (Wildman–Crippen MR) is 134 cm³/mol. The zero-order valence-corrected chi connectivity index (χ0v) is 20.6. The number of fused-ring (bicyclic) bond motifs is 3. The summed E-state index contributed by atoms with van der Waals surface area (Å²) in [5.74, 6) is -1.31. The van der Waals surface area contributed by atoms with E-state index in [9.17, 15) is 24.0 Å². The van der Waals surface area contributed by atoms with Gasteiger partial charge in [0.1, 0.15) is 5.82 Å². The van der Waals surface area contributed by atoms with Crippen LogP contribution in [-0.2, 0) is 15.0 Å². The molecule has 6 rings (SSSR count). The Bertz CT molecular complexity index is 1510. The Labute approximate surface area is 217 Å². The first-order chi connectivity index (χ1) is 17.8. The number of piperidine rings is 1. The maximum atomic E-state index is 14.6. The molecule has 1 saturated carbocycles. The topological polar surface area (TPSA) is 110 Å². The number of amides is 2.